The van der Waals surface area contributed by atoms with Crippen molar-refractivity contribution in [2.75, 3.05) is 4.72 Å². The van der Waals surface area contributed by atoms with Crippen molar-refractivity contribution in [2.45, 2.75) is 50.6 Å². The van der Waals surface area contributed by atoms with Crippen molar-refractivity contribution in [3.63, 3.8) is 0 Å². The summed E-state index contributed by atoms with van der Waals surface area (Å²) in [6.07, 6.45) is 2.20. The van der Waals surface area contributed by atoms with E-state index in [0.717, 1.165) is 16.7 Å². The molecule has 0 spiro atoms. The van der Waals surface area contributed by atoms with Gasteiger partial charge in [-0.3, -0.25) is 19.1 Å². The molecule has 0 aliphatic rings. The second-order valence-electron chi connectivity index (χ2n) is 12.1. The number of aryl methyl sites for hydroxylation is 2. The van der Waals surface area contributed by atoms with E-state index in [9.17, 15) is 41.9 Å². The molecule has 2 aromatic heterocycles. The summed E-state index contributed by atoms with van der Waals surface area (Å²) in [6.45, 7) is 6.82. The summed E-state index contributed by atoms with van der Waals surface area (Å²) < 4.78 is 59.7. The number of carboxylic acids is 1. The number of hydrogen-bond acceptors (Lipinski definition) is 8. The molecule has 258 valence electrons. The van der Waals surface area contributed by atoms with Gasteiger partial charge in [-0.2, -0.15) is 0 Å². The van der Waals surface area contributed by atoms with Crippen molar-refractivity contribution in [1.82, 2.24) is 24.8 Å². The Morgan fingerprint density at radius 3 is 2.20 bits per heavy atom. The van der Waals surface area contributed by atoms with Crippen LogP contribution < -0.4 is 26.6 Å². The zero-order valence-corrected chi connectivity index (χ0v) is 27.7. The van der Waals surface area contributed by atoms with Crippen LogP contribution in [0.3, 0.4) is 0 Å². The van der Waals surface area contributed by atoms with Gasteiger partial charge in [0.2, 0.25) is 0 Å². The highest BCUT2D eigenvalue weighted by Gasteiger charge is 2.26. The Morgan fingerprint density at radius 1 is 0.980 bits per heavy atom. The highest BCUT2D eigenvalue weighted by molar-refractivity contribution is 7.92. The minimum atomic E-state index is -4.47. The number of aliphatic carboxylic acids is 1. The highest BCUT2D eigenvalue weighted by Crippen LogP contribution is 2.24. The molecule has 2 heterocycles. The van der Waals surface area contributed by atoms with Crippen molar-refractivity contribution >= 4 is 33.5 Å². The summed E-state index contributed by atoms with van der Waals surface area (Å²) in [6, 6.07) is 6.60. The summed E-state index contributed by atoms with van der Waals surface area (Å²) in [5.41, 5.74) is -2.81. The standard InChI is InChI=1S/C32H32F2N6O8S/c1-17-16-39(5)31(46)40(29(17)43)26-11-6-18(15-35-26)12-25(30(44)45)36-28(42)21-13-23(34)24(14-22(21)33)38-49(47,48)20-9-7-19(8-10-20)27(41)37-32(2,3)4/h6-11,13-16,25,38H,12H2,1-5H3,(H,36,42)(H,37,41)(H,44,45)/t25-/m0/s1. The molecule has 17 heteroatoms. The Balaban J connectivity index is 1.48. The molecule has 0 aliphatic carbocycles. The van der Waals surface area contributed by atoms with Gasteiger partial charge in [0.25, 0.3) is 27.4 Å². The molecule has 0 unspecified atom stereocenters. The van der Waals surface area contributed by atoms with Crippen LogP contribution in [0.2, 0.25) is 0 Å². The monoisotopic (exact) mass is 698 g/mol. The number of pyridine rings is 1. The van der Waals surface area contributed by atoms with Gasteiger partial charge in [0.15, 0.2) is 0 Å². The Labute approximate surface area is 278 Å². The molecule has 4 N–H and O–H groups in total. The lowest BCUT2D eigenvalue weighted by molar-refractivity contribution is -0.139. The molecule has 0 saturated carbocycles. The largest absolute Gasteiger partial charge is 0.480 e. The molecule has 14 nitrogen and oxygen atoms in total. The maximum absolute atomic E-state index is 15.0. The number of aromatic nitrogens is 3. The SMILES string of the molecule is Cc1cn(C)c(=O)n(-c2ccc(C[C@H](NC(=O)c3cc(F)c(NS(=O)(=O)c4ccc(C(=O)NC(C)(C)C)cc4)cc3F)C(=O)O)cn2)c1=O. The topological polar surface area (TPSA) is 199 Å². The molecular weight excluding hydrogens is 666 g/mol. The van der Waals surface area contributed by atoms with E-state index in [-0.39, 0.29) is 33.8 Å². The van der Waals surface area contributed by atoms with Crippen LogP contribution in [-0.4, -0.2) is 57.0 Å². The number of carbonyl (C=O) groups is 3. The van der Waals surface area contributed by atoms with E-state index in [1.165, 1.54) is 55.2 Å². The number of halogens is 2. The van der Waals surface area contributed by atoms with Crippen LogP contribution in [0.4, 0.5) is 14.5 Å². The van der Waals surface area contributed by atoms with Crippen LogP contribution in [0.5, 0.6) is 0 Å². The van der Waals surface area contributed by atoms with E-state index in [2.05, 4.69) is 15.6 Å². The fraction of sp³-hybridized carbons (Fsp3) is 0.250. The number of sulfonamides is 1. The number of anilines is 1. The van der Waals surface area contributed by atoms with Crippen molar-refractivity contribution in [3.05, 3.63) is 116 Å². The molecule has 2 amide bonds. The maximum Gasteiger partial charge on any atom is 0.336 e. The number of nitrogens with zero attached hydrogens (tertiary/aromatic N) is 3. The average molecular weight is 699 g/mol. The van der Waals surface area contributed by atoms with Crippen molar-refractivity contribution in [2.24, 2.45) is 7.05 Å². The van der Waals surface area contributed by atoms with Gasteiger partial charge >= 0.3 is 11.7 Å². The van der Waals surface area contributed by atoms with Gasteiger partial charge in [-0.25, -0.2) is 36.3 Å². The lowest BCUT2D eigenvalue weighted by Crippen LogP contribution is -2.42. The zero-order chi connectivity index (χ0) is 36.4. The van der Waals surface area contributed by atoms with E-state index in [0.29, 0.717) is 12.1 Å². The molecule has 4 rings (SSSR count). The van der Waals surface area contributed by atoms with Gasteiger partial charge in [0, 0.05) is 48.6 Å². The van der Waals surface area contributed by atoms with Gasteiger partial charge in [0.05, 0.1) is 16.1 Å². The normalized spacial score (nSPS) is 12.2. The first-order chi connectivity index (χ1) is 22.8. The van der Waals surface area contributed by atoms with Gasteiger partial charge in [-0.15, -0.1) is 0 Å². The van der Waals surface area contributed by atoms with Crippen molar-refractivity contribution in [3.8, 4) is 5.82 Å². The number of benzene rings is 2. The average Bonchev–Trinajstić information content (AvgIpc) is 3.01. The second-order valence-corrected chi connectivity index (χ2v) is 13.8. The fourth-order valence-corrected chi connectivity index (χ4v) is 5.62. The smallest absolute Gasteiger partial charge is 0.336 e. The van der Waals surface area contributed by atoms with E-state index in [1.54, 1.807) is 20.8 Å². The first-order valence-corrected chi connectivity index (χ1v) is 16.0. The summed E-state index contributed by atoms with van der Waals surface area (Å²) in [4.78, 5) is 65.8. The number of nitrogens with one attached hydrogen (secondary N) is 3. The van der Waals surface area contributed by atoms with E-state index >= 15 is 4.39 Å². The Morgan fingerprint density at radius 2 is 1.63 bits per heavy atom. The summed E-state index contributed by atoms with van der Waals surface area (Å²) >= 11 is 0. The molecule has 0 aliphatic heterocycles. The van der Waals surface area contributed by atoms with Crippen LogP contribution in [0, 0.1) is 18.6 Å². The van der Waals surface area contributed by atoms with Gasteiger partial charge < -0.3 is 20.3 Å². The van der Waals surface area contributed by atoms with E-state index < -0.39 is 73.5 Å². The minimum absolute atomic E-state index is 0.0252. The third-order valence-corrected chi connectivity index (χ3v) is 8.34. The number of rotatable bonds is 10. The highest BCUT2D eigenvalue weighted by atomic mass is 32.2. The van der Waals surface area contributed by atoms with Crippen molar-refractivity contribution in [1.29, 1.82) is 0 Å². The van der Waals surface area contributed by atoms with Crippen LogP contribution in [-0.2, 0) is 28.3 Å². The first-order valence-electron chi connectivity index (χ1n) is 14.5. The van der Waals surface area contributed by atoms with Gasteiger partial charge in [0.1, 0.15) is 23.5 Å². The minimum Gasteiger partial charge on any atom is -0.480 e. The third kappa shape index (κ3) is 8.42. The Kier molecular flexibility index (Phi) is 10.2. The van der Waals surface area contributed by atoms with Crippen LogP contribution >= 0.6 is 0 Å². The lowest BCUT2D eigenvalue weighted by Gasteiger charge is -2.20. The zero-order valence-electron chi connectivity index (χ0n) is 26.9. The quantitative estimate of drug-likeness (QED) is 0.192. The predicted octanol–water partition coefficient (Wildman–Crippen LogP) is 2.27. The van der Waals surface area contributed by atoms with Crippen LogP contribution in [0.15, 0.2) is 75.4 Å². The predicted molar refractivity (Wildman–Crippen MR) is 173 cm³/mol. The summed E-state index contributed by atoms with van der Waals surface area (Å²) in [7, 11) is -3.01. The maximum atomic E-state index is 15.0. The Bertz CT molecular complexity index is 2140. The molecule has 0 bridgehead atoms. The molecular formula is C32H32F2N6O8S. The van der Waals surface area contributed by atoms with Crippen LogP contribution in [0.1, 0.15) is 52.6 Å². The molecule has 4 aromatic rings. The molecule has 0 fully saturated rings. The van der Waals surface area contributed by atoms with Crippen LogP contribution in [0.25, 0.3) is 5.82 Å². The van der Waals surface area contributed by atoms with Crippen molar-refractivity contribution < 1.29 is 36.7 Å². The lowest BCUT2D eigenvalue weighted by atomic mass is 10.1. The number of amides is 2. The number of carbonyl (C=O) groups excluding carboxylic acids is 2. The molecule has 0 saturated heterocycles. The van der Waals surface area contributed by atoms with Gasteiger partial charge in [-0.05, 0) is 69.7 Å². The van der Waals surface area contributed by atoms with Gasteiger partial charge in [-0.1, -0.05) is 6.07 Å². The third-order valence-electron chi connectivity index (χ3n) is 6.96. The number of carboxylic acid groups (broad SMARTS) is 1. The summed E-state index contributed by atoms with van der Waals surface area (Å²) in [5.74, 6) is -5.99. The van der Waals surface area contributed by atoms with E-state index in [1.807, 2.05) is 4.72 Å². The first kappa shape index (κ1) is 36.1. The Hall–Kier alpha value is -5.71. The van der Waals surface area contributed by atoms with E-state index in [4.69, 9.17) is 0 Å². The molecule has 2 aromatic carbocycles. The number of hydrogen-bond donors (Lipinski definition) is 4. The summed E-state index contributed by atoms with van der Waals surface area (Å²) in [5, 5.41) is 14.5. The fourth-order valence-electron chi connectivity index (χ4n) is 4.57. The molecule has 49 heavy (non-hydrogen) atoms. The molecule has 0 radical (unpaired) electrons. The second kappa shape index (κ2) is 13.8. The molecule has 1 atom stereocenters.